The number of hydrogen-bond acceptors (Lipinski definition) is 12. The molecule has 0 spiro atoms. The van der Waals surface area contributed by atoms with Gasteiger partial charge in [-0.25, -0.2) is 13.7 Å². The quantitative estimate of drug-likeness (QED) is 0.203. The van der Waals surface area contributed by atoms with E-state index in [0.29, 0.717) is 4.48 Å². The van der Waals surface area contributed by atoms with Gasteiger partial charge in [-0.05, 0) is 6.07 Å². The molecule has 0 aromatic carbocycles. The molecular weight excluding hydrogens is 462 g/mol. The van der Waals surface area contributed by atoms with Crippen molar-refractivity contribution < 1.29 is 51.7 Å². The Morgan fingerprint density at radius 2 is 1.94 bits per heavy atom. The number of quaternary nitrogens is 1. The molecule has 0 radical (unpaired) electrons. The van der Waals surface area contributed by atoms with Crippen LogP contribution in [-0.4, -0.2) is 88.4 Å². The Hall–Kier alpha value is -1.22. The van der Waals surface area contributed by atoms with E-state index in [1.165, 1.54) is 12.3 Å². The molecule has 2 rings (SSSR count). The summed E-state index contributed by atoms with van der Waals surface area (Å²) in [6.45, 7) is -0.877. The Balaban J connectivity index is 1.96. The lowest BCUT2D eigenvalue weighted by molar-refractivity contribution is -0.870. The van der Waals surface area contributed by atoms with Gasteiger partial charge >= 0.3 is 13.5 Å². The molecule has 178 valence electrons. The maximum atomic E-state index is 12.0. The van der Waals surface area contributed by atoms with Crippen molar-refractivity contribution >= 4 is 21.5 Å². The Labute approximate surface area is 177 Å². The number of aromatic nitrogens is 2. The van der Waals surface area contributed by atoms with Gasteiger partial charge in [-0.1, -0.05) is 0 Å². The summed E-state index contributed by atoms with van der Waals surface area (Å²) in [5.41, 5.74) is 4.52. The SMILES string of the molecule is C[N+](C)(C)CCOP(=O)([O-])OP(=O)(O)OC[C@H]1O[C@H](n2ccc(N)nc2=O)[C@@H](O)[C@H]1O. The van der Waals surface area contributed by atoms with Gasteiger partial charge in [0.2, 0.25) is 0 Å². The van der Waals surface area contributed by atoms with Crippen molar-refractivity contribution in [1.29, 1.82) is 0 Å². The average molecular weight is 488 g/mol. The second kappa shape index (κ2) is 9.73. The van der Waals surface area contributed by atoms with Gasteiger partial charge in [-0.15, -0.1) is 0 Å². The number of likely N-dealkylation sites (N-methyl/N-ethyl adjacent to an activating group) is 1. The van der Waals surface area contributed by atoms with Crippen LogP contribution in [0.1, 0.15) is 6.23 Å². The number of rotatable bonds is 10. The summed E-state index contributed by atoms with van der Waals surface area (Å²) < 4.78 is 43.4. The molecule has 15 nitrogen and oxygen atoms in total. The molecule has 0 saturated carbocycles. The molecule has 2 unspecified atom stereocenters. The standard InChI is InChI=1S/C14H26N4O11P2/c1-18(2,3)6-7-26-30(22,23)29-31(24,25)27-8-9-11(19)12(20)13(28-9)17-5-4-10(15)16-14(17)21/h4-5,9,11-13,19-20H,6-8H2,1-3H3,(H3-,15,16,21,22,23,24,25)/t9-,11+,12+,13+/m1/s1. The molecule has 0 aliphatic carbocycles. The lowest BCUT2D eigenvalue weighted by atomic mass is 10.1. The normalized spacial score (nSPS) is 28.2. The molecule has 1 aliphatic rings. The Morgan fingerprint density at radius 3 is 2.52 bits per heavy atom. The number of aliphatic hydroxyl groups excluding tert-OH is 2. The number of anilines is 1. The van der Waals surface area contributed by atoms with Crippen LogP contribution < -0.4 is 16.3 Å². The average Bonchev–Trinajstić information content (AvgIpc) is 2.86. The van der Waals surface area contributed by atoms with Crippen LogP contribution in [0.2, 0.25) is 0 Å². The van der Waals surface area contributed by atoms with E-state index in [9.17, 15) is 33.9 Å². The first kappa shape index (κ1) is 26.0. The van der Waals surface area contributed by atoms with E-state index in [4.69, 9.17) is 10.5 Å². The topological polar surface area (TPSA) is 216 Å². The summed E-state index contributed by atoms with van der Waals surface area (Å²) in [4.78, 5) is 36.7. The second-order valence-electron chi connectivity index (χ2n) is 7.73. The van der Waals surface area contributed by atoms with Crippen molar-refractivity contribution in [3.8, 4) is 0 Å². The number of phosphoric ester groups is 2. The molecule has 2 heterocycles. The molecule has 1 aromatic heterocycles. The van der Waals surface area contributed by atoms with E-state index in [0.717, 1.165) is 4.57 Å². The van der Waals surface area contributed by atoms with Gasteiger partial charge in [-0.3, -0.25) is 13.7 Å². The van der Waals surface area contributed by atoms with Gasteiger partial charge in [-0.2, -0.15) is 4.98 Å². The monoisotopic (exact) mass is 488 g/mol. The van der Waals surface area contributed by atoms with E-state index in [1.807, 2.05) is 0 Å². The van der Waals surface area contributed by atoms with Gasteiger partial charge in [0.25, 0.3) is 7.82 Å². The van der Waals surface area contributed by atoms with Crippen LogP contribution in [0.4, 0.5) is 5.82 Å². The molecule has 31 heavy (non-hydrogen) atoms. The summed E-state index contributed by atoms with van der Waals surface area (Å²) in [7, 11) is -5.01. The Bertz CT molecular complexity index is 920. The molecule has 0 bridgehead atoms. The van der Waals surface area contributed by atoms with E-state index in [2.05, 4.69) is 18.3 Å². The minimum absolute atomic E-state index is 0.0711. The fraction of sp³-hybridized carbons (Fsp3) is 0.714. The Kier molecular flexibility index (Phi) is 8.17. The highest BCUT2D eigenvalue weighted by molar-refractivity contribution is 7.60. The van der Waals surface area contributed by atoms with Gasteiger partial charge in [0.15, 0.2) is 6.23 Å². The highest BCUT2D eigenvalue weighted by Crippen LogP contribution is 2.58. The second-order valence-corrected chi connectivity index (χ2v) is 10.7. The first-order chi connectivity index (χ1) is 14.1. The maximum Gasteiger partial charge on any atom is 0.478 e. The van der Waals surface area contributed by atoms with Crippen molar-refractivity contribution in [3.05, 3.63) is 22.7 Å². The maximum absolute atomic E-state index is 12.0. The zero-order chi connectivity index (χ0) is 23.6. The molecule has 6 atom stereocenters. The summed E-state index contributed by atoms with van der Waals surface area (Å²) in [6.07, 6.45) is -4.89. The summed E-state index contributed by atoms with van der Waals surface area (Å²) in [5, 5.41) is 20.2. The smallest absolute Gasteiger partial charge is 0.478 e. The van der Waals surface area contributed by atoms with E-state index < -0.39 is 52.5 Å². The van der Waals surface area contributed by atoms with Crippen LogP contribution in [0.25, 0.3) is 0 Å². The van der Waals surface area contributed by atoms with Crippen LogP contribution in [0.15, 0.2) is 17.1 Å². The van der Waals surface area contributed by atoms with Crippen molar-refractivity contribution in [2.45, 2.75) is 24.5 Å². The van der Waals surface area contributed by atoms with Crippen LogP contribution in [0.5, 0.6) is 0 Å². The lowest BCUT2D eigenvalue weighted by Gasteiger charge is -2.28. The third-order valence-electron chi connectivity index (χ3n) is 4.08. The Morgan fingerprint density at radius 1 is 1.29 bits per heavy atom. The van der Waals surface area contributed by atoms with E-state index in [-0.39, 0.29) is 19.0 Å². The van der Waals surface area contributed by atoms with Gasteiger partial charge in [0.1, 0.15) is 37.3 Å². The number of nitrogens with zero attached hydrogens (tertiary/aromatic N) is 3. The largest absolute Gasteiger partial charge is 0.756 e. The minimum Gasteiger partial charge on any atom is -0.756 e. The van der Waals surface area contributed by atoms with E-state index >= 15 is 0 Å². The number of nitrogens with two attached hydrogens (primary N) is 1. The zero-order valence-electron chi connectivity index (χ0n) is 17.0. The molecule has 5 N–H and O–H groups in total. The van der Waals surface area contributed by atoms with Gasteiger partial charge in [0, 0.05) is 6.20 Å². The lowest BCUT2D eigenvalue weighted by Crippen LogP contribution is -2.37. The number of aliphatic hydroxyl groups is 2. The molecule has 1 aliphatic heterocycles. The van der Waals surface area contributed by atoms with Crippen LogP contribution in [-0.2, 0) is 27.2 Å². The predicted molar refractivity (Wildman–Crippen MR) is 102 cm³/mol. The van der Waals surface area contributed by atoms with Crippen molar-refractivity contribution in [2.24, 2.45) is 0 Å². The molecular formula is C14H26N4O11P2. The fourth-order valence-corrected chi connectivity index (χ4v) is 4.51. The van der Waals surface area contributed by atoms with Crippen molar-refractivity contribution in [2.75, 3.05) is 46.6 Å². The highest BCUT2D eigenvalue weighted by atomic mass is 31.3. The number of nitrogen functional groups attached to an aromatic ring is 1. The molecule has 1 aromatic rings. The van der Waals surface area contributed by atoms with Crippen LogP contribution in [0.3, 0.4) is 0 Å². The van der Waals surface area contributed by atoms with Gasteiger partial charge in [0.05, 0.1) is 27.7 Å². The molecule has 17 heteroatoms. The number of hydrogen-bond donors (Lipinski definition) is 4. The summed E-state index contributed by atoms with van der Waals surface area (Å²) in [6, 6.07) is 1.26. The third-order valence-corrected chi connectivity index (χ3v) is 6.68. The minimum atomic E-state index is -5.18. The van der Waals surface area contributed by atoms with E-state index in [1.54, 1.807) is 21.1 Å². The molecule has 1 fully saturated rings. The third kappa shape index (κ3) is 7.70. The molecule has 1 saturated heterocycles. The summed E-state index contributed by atoms with van der Waals surface area (Å²) >= 11 is 0. The zero-order valence-corrected chi connectivity index (χ0v) is 18.8. The number of ether oxygens (including phenoxy) is 1. The molecule has 0 amide bonds. The van der Waals surface area contributed by atoms with Crippen LogP contribution >= 0.6 is 15.6 Å². The van der Waals surface area contributed by atoms with Crippen molar-refractivity contribution in [3.63, 3.8) is 0 Å². The fourth-order valence-electron chi connectivity index (χ4n) is 2.48. The number of phosphoric acid groups is 2. The highest BCUT2D eigenvalue weighted by Gasteiger charge is 2.45. The predicted octanol–water partition coefficient (Wildman–Crippen LogP) is -2.23. The van der Waals surface area contributed by atoms with Crippen molar-refractivity contribution in [1.82, 2.24) is 9.55 Å². The first-order valence-electron chi connectivity index (χ1n) is 8.91. The summed E-state index contributed by atoms with van der Waals surface area (Å²) in [5.74, 6) is -0.0711. The van der Waals surface area contributed by atoms with Crippen LogP contribution in [0, 0.1) is 0 Å². The first-order valence-corrected chi connectivity index (χ1v) is 11.9. The van der Waals surface area contributed by atoms with Gasteiger partial charge < -0.3 is 39.5 Å².